The number of aromatic nitrogens is 3. The molecule has 0 saturated heterocycles. The van der Waals surface area contributed by atoms with Gasteiger partial charge in [-0.25, -0.2) is 9.48 Å². The Morgan fingerprint density at radius 1 is 1.06 bits per heavy atom. The first-order valence-electron chi connectivity index (χ1n) is 11.3. The van der Waals surface area contributed by atoms with Gasteiger partial charge in [0, 0.05) is 0 Å². The highest BCUT2D eigenvalue weighted by Crippen LogP contribution is 2.37. The molecule has 1 heterocycles. The number of ether oxygens (including phenoxy) is 3. The molecule has 0 unspecified atom stereocenters. The van der Waals surface area contributed by atoms with Crippen molar-refractivity contribution in [3.05, 3.63) is 69.3 Å². The minimum atomic E-state index is -0.539. The Morgan fingerprint density at radius 2 is 1.79 bits per heavy atom. The smallest absolute Gasteiger partial charge is 0.364 e. The topological polar surface area (TPSA) is 75.5 Å². The van der Waals surface area contributed by atoms with Crippen molar-refractivity contribution in [3.63, 3.8) is 0 Å². The molecule has 2 aromatic carbocycles. The summed E-state index contributed by atoms with van der Waals surface area (Å²) in [6, 6.07) is 13.5. The molecule has 1 fully saturated rings. The number of carbonyl (C=O) groups is 1. The molecule has 1 saturated carbocycles. The van der Waals surface area contributed by atoms with Gasteiger partial charge in [-0.05, 0) is 73.9 Å². The van der Waals surface area contributed by atoms with Gasteiger partial charge in [0.05, 0.1) is 30.3 Å². The lowest BCUT2D eigenvalue weighted by Crippen LogP contribution is -2.25. The van der Waals surface area contributed by atoms with Crippen LogP contribution in [0.2, 0.25) is 10.0 Å². The van der Waals surface area contributed by atoms with Crippen LogP contribution in [-0.4, -0.2) is 40.8 Å². The van der Waals surface area contributed by atoms with Gasteiger partial charge in [0.15, 0.2) is 0 Å². The number of halogens is 2. The number of hydrogen-bond acceptors (Lipinski definition) is 6. The van der Waals surface area contributed by atoms with Gasteiger partial charge in [-0.3, -0.25) is 0 Å². The van der Waals surface area contributed by atoms with Gasteiger partial charge in [-0.1, -0.05) is 46.6 Å². The average Bonchev–Trinajstić information content (AvgIpc) is 3.24. The average molecular weight is 504 g/mol. The number of rotatable bonds is 8. The van der Waals surface area contributed by atoms with Crippen LogP contribution in [0.4, 0.5) is 0 Å². The standard InChI is InChI=1S/C25H27Cl2N3O4/c1-3-33-25(31)23-24(30(29-28-23)15-16-4-9-19(32-2)10-5-16)34-20-11-6-17(7-12-20)18-8-13-21(26)22(27)14-18/h4-5,8-10,13-14,17,20H,3,6-7,11-12,15H2,1-2H3/t17-,20-. The Labute approximate surface area is 208 Å². The largest absolute Gasteiger partial charge is 0.497 e. The molecule has 0 atom stereocenters. The van der Waals surface area contributed by atoms with Crippen LogP contribution in [0, 0.1) is 0 Å². The molecule has 0 bridgehead atoms. The van der Waals surface area contributed by atoms with E-state index in [-0.39, 0.29) is 18.4 Å². The third-order valence-corrected chi connectivity index (χ3v) is 6.76. The van der Waals surface area contributed by atoms with E-state index < -0.39 is 5.97 Å². The molecule has 0 aliphatic heterocycles. The molecule has 0 N–H and O–H groups in total. The SMILES string of the molecule is CCOC(=O)c1nnn(Cc2ccc(OC)cc2)c1O[C@H]1CC[C@H](c2ccc(Cl)c(Cl)c2)CC1. The van der Waals surface area contributed by atoms with E-state index in [2.05, 4.69) is 10.3 Å². The maximum atomic E-state index is 12.5. The van der Waals surface area contributed by atoms with Crippen LogP contribution in [0.15, 0.2) is 42.5 Å². The Hall–Kier alpha value is -2.77. The van der Waals surface area contributed by atoms with E-state index >= 15 is 0 Å². The highest BCUT2D eigenvalue weighted by molar-refractivity contribution is 6.42. The number of methoxy groups -OCH3 is 1. The maximum absolute atomic E-state index is 12.5. The van der Waals surface area contributed by atoms with Crippen molar-refractivity contribution in [2.45, 2.75) is 51.2 Å². The fourth-order valence-electron chi connectivity index (χ4n) is 4.19. The van der Waals surface area contributed by atoms with E-state index in [1.54, 1.807) is 18.7 Å². The van der Waals surface area contributed by atoms with Crippen molar-refractivity contribution in [2.24, 2.45) is 0 Å². The van der Waals surface area contributed by atoms with Gasteiger partial charge in [0.1, 0.15) is 11.9 Å². The molecule has 3 aromatic rings. The number of benzene rings is 2. The zero-order chi connectivity index (χ0) is 24.1. The zero-order valence-electron chi connectivity index (χ0n) is 19.2. The van der Waals surface area contributed by atoms with Crippen LogP contribution < -0.4 is 9.47 Å². The van der Waals surface area contributed by atoms with E-state index in [0.717, 1.165) is 37.0 Å². The fourth-order valence-corrected chi connectivity index (χ4v) is 4.50. The van der Waals surface area contributed by atoms with Gasteiger partial charge in [-0.15, -0.1) is 5.10 Å². The van der Waals surface area contributed by atoms with Crippen LogP contribution in [-0.2, 0) is 11.3 Å². The Bertz CT molecular complexity index is 1130. The molecule has 34 heavy (non-hydrogen) atoms. The molecular weight excluding hydrogens is 477 g/mol. The van der Waals surface area contributed by atoms with Gasteiger partial charge in [0.2, 0.25) is 11.6 Å². The van der Waals surface area contributed by atoms with Gasteiger partial charge in [-0.2, -0.15) is 0 Å². The molecule has 1 aliphatic rings. The summed E-state index contributed by atoms with van der Waals surface area (Å²) in [4.78, 5) is 12.5. The summed E-state index contributed by atoms with van der Waals surface area (Å²) in [6.07, 6.45) is 3.50. The summed E-state index contributed by atoms with van der Waals surface area (Å²) in [5.74, 6) is 0.960. The second kappa shape index (κ2) is 11.1. The molecular formula is C25H27Cl2N3O4. The molecule has 0 radical (unpaired) electrons. The van der Waals surface area contributed by atoms with E-state index in [1.807, 2.05) is 42.5 Å². The highest BCUT2D eigenvalue weighted by Gasteiger charge is 2.29. The number of nitrogens with zero attached hydrogens (tertiary/aromatic N) is 3. The number of hydrogen-bond donors (Lipinski definition) is 0. The van der Waals surface area contributed by atoms with Crippen molar-refractivity contribution in [3.8, 4) is 11.6 Å². The van der Waals surface area contributed by atoms with Crippen LogP contribution in [0.3, 0.4) is 0 Å². The molecule has 9 heteroatoms. The van der Waals surface area contributed by atoms with Crippen molar-refractivity contribution in [2.75, 3.05) is 13.7 Å². The molecule has 0 spiro atoms. The molecule has 1 aromatic heterocycles. The number of esters is 1. The van der Waals surface area contributed by atoms with Crippen LogP contribution >= 0.6 is 23.2 Å². The second-order valence-corrected chi connectivity index (χ2v) is 9.05. The fraction of sp³-hybridized carbons (Fsp3) is 0.400. The lowest BCUT2D eigenvalue weighted by molar-refractivity contribution is 0.0507. The van der Waals surface area contributed by atoms with E-state index in [4.69, 9.17) is 37.4 Å². The van der Waals surface area contributed by atoms with Crippen molar-refractivity contribution >= 4 is 29.2 Å². The summed E-state index contributed by atoms with van der Waals surface area (Å²) < 4.78 is 18.3. The van der Waals surface area contributed by atoms with E-state index in [9.17, 15) is 4.79 Å². The molecule has 1 aliphatic carbocycles. The normalized spacial score (nSPS) is 17.9. The summed E-state index contributed by atoms with van der Waals surface area (Å²) in [5.41, 5.74) is 2.27. The van der Waals surface area contributed by atoms with Gasteiger partial charge < -0.3 is 14.2 Å². The van der Waals surface area contributed by atoms with E-state index in [1.165, 1.54) is 5.56 Å². The summed E-state index contributed by atoms with van der Waals surface area (Å²) >= 11 is 12.3. The van der Waals surface area contributed by atoms with Crippen LogP contribution in [0.5, 0.6) is 11.6 Å². The van der Waals surface area contributed by atoms with Gasteiger partial charge in [0.25, 0.3) is 0 Å². The predicted molar refractivity (Wildman–Crippen MR) is 130 cm³/mol. The minimum absolute atomic E-state index is 0.0553. The van der Waals surface area contributed by atoms with Crippen molar-refractivity contribution < 1.29 is 19.0 Å². The molecule has 4 rings (SSSR count). The molecule has 0 amide bonds. The van der Waals surface area contributed by atoms with E-state index in [0.29, 0.717) is 28.4 Å². The minimum Gasteiger partial charge on any atom is -0.497 e. The predicted octanol–water partition coefficient (Wildman–Crippen LogP) is 5.92. The quantitative estimate of drug-likeness (QED) is 0.355. The van der Waals surface area contributed by atoms with Crippen molar-refractivity contribution in [1.82, 2.24) is 15.0 Å². The van der Waals surface area contributed by atoms with Gasteiger partial charge >= 0.3 is 5.97 Å². The highest BCUT2D eigenvalue weighted by atomic mass is 35.5. The molecule has 7 nitrogen and oxygen atoms in total. The van der Waals surface area contributed by atoms with Crippen molar-refractivity contribution in [1.29, 1.82) is 0 Å². The lowest BCUT2D eigenvalue weighted by atomic mass is 9.83. The summed E-state index contributed by atoms with van der Waals surface area (Å²) in [5, 5.41) is 9.39. The monoisotopic (exact) mass is 503 g/mol. The third-order valence-electron chi connectivity index (χ3n) is 6.02. The second-order valence-electron chi connectivity index (χ2n) is 8.23. The zero-order valence-corrected chi connectivity index (χ0v) is 20.7. The molecule has 180 valence electrons. The first-order chi connectivity index (χ1) is 16.5. The van der Waals surface area contributed by atoms with Crippen LogP contribution in [0.25, 0.3) is 0 Å². The maximum Gasteiger partial charge on any atom is 0.364 e. The Morgan fingerprint density at radius 3 is 2.44 bits per heavy atom. The summed E-state index contributed by atoms with van der Waals surface area (Å²) in [7, 11) is 1.63. The first-order valence-corrected chi connectivity index (χ1v) is 12.1. The lowest BCUT2D eigenvalue weighted by Gasteiger charge is -2.29. The third kappa shape index (κ3) is 5.65. The first kappa shape index (κ1) is 24.4. The summed E-state index contributed by atoms with van der Waals surface area (Å²) in [6.45, 7) is 2.41. The van der Waals surface area contributed by atoms with Crippen LogP contribution in [0.1, 0.15) is 60.1 Å². The Kier molecular flexibility index (Phi) is 7.95. The Balaban J connectivity index is 1.48. The number of carbonyl (C=O) groups excluding carboxylic acids is 1.